The van der Waals surface area contributed by atoms with Crippen LogP contribution in [0.5, 0.6) is 0 Å². The number of pyridine rings is 1. The Labute approximate surface area is 168 Å². The maximum absolute atomic E-state index is 12.6. The van der Waals surface area contributed by atoms with Gasteiger partial charge in [0.25, 0.3) is 5.78 Å². The van der Waals surface area contributed by atoms with E-state index in [4.69, 9.17) is 0 Å². The number of benzene rings is 1. The molecule has 0 spiro atoms. The molecule has 0 bridgehead atoms. The van der Waals surface area contributed by atoms with Crippen LogP contribution >= 0.6 is 0 Å². The first-order valence-corrected chi connectivity index (χ1v) is 9.57. The Morgan fingerprint density at radius 2 is 1.90 bits per heavy atom. The third kappa shape index (κ3) is 3.85. The lowest BCUT2D eigenvalue weighted by atomic mass is 10.1. The lowest BCUT2D eigenvalue weighted by Crippen LogP contribution is -2.17. The normalized spacial score (nSPS) is 11.0. The SMILES string of the molecule is CCc1ccc(NC(=O)Cc2c(C)nc3nc(-c4cccnc4)nn3c2C)cc1. The Balaban J connectivity index is 1.60. The summed E-state index contributed by atoms with van der Waals surface area (Å²) in [4.78, 5) is 25.8. The molecule has 3 heterocycles. The summed E-state index contributed by atoms with van der Waals surface area (Å²) < 4.78 is 1.69. The zero-order chi connectivity index (χ0) is 20.4. The molecule has 1 amide bonds. The second kappa shape index (κ2) is 7.79. The van der Waals surface area contributed by atoms with Crippen LogP contribution in [0.3, 0.4) is 0 Å². The molecule has 0 radical (unpaired) electrons. The van der Waals surface area contributed by atoms with E-state index in [1.807, 2.05) is 50.2 Å². The van der Waals surface area contributed by atoms with E-state index in [2.05, 4.69) is 32.3 Å². The number of rotatable bonds is 5. The van der Waals surface area contributed by atoms with E-state index >= 15 is 0 Å². The van der Waals surface area contributed by atoms with Gasteiger partial charge in [0.05, 0.1) is 6.42 Å². The van der Waals surface area contributed by atoms with Crippen molar-refractivity contribution in [3.63, 3.8) is 0 Å². The molecule has 1 N–H and O–H groups in total. The van der Waals surface area contributed by atoms with E-state index in [-0.39, 0.29) is 12.3 Å². The summed E-state index contributed by atoms with van der Waals surface area (Å²) in [6.45, 7) is 5.93. The number of nitrogens with one attached hydrogen (secondary N) is 1. The van der Waals surface area contributed by atoms with Crippen LogP contribution in [-0.2, 0) is 17.6 Å². The van der Waals surface area contributed by atoms with Gasteiger partial charge in [0, 0.05) is 40.6 Å². The first-order valence-electron chi connectivity index (χ1n) is 9.57. The molecular formula is C22H22N6O. The zero-order valence-corrected chi connectivity index (χ0v) is 16.7. The van der Waals surface area contributed by atoms with E-state index in [1.165, 1.54) is 5.56 Å². The zero-order valence-electron chi connectivity index (χ0n) is 16.7. The number of amides is 1. The van der Waals surface area contributed by atoms with E-state index in [1.54, 1.807) is 16.9 Å². The Bertz CT molecular complexity index is 1170. The molecule has 146 valence electrons. The Morgan fingerprint density at radius 3 is 2.59 bits per heavy atom. The van der Waals surface area contributed by atoms with Crippen LogP contribution in [-0.4, -0.2) is 30.5 Å². The highest BCUT2D eigenvalue weighted by Gasteiger charge is 2.17. The highest BCUT2D eigenvalue weighted by molar-refractivity contribution is 5.92. The Kier molecular flexibility index (Phi) is 5.03. The summed E-state index contributed by atoms with van der Waals surface area (Å²) >= 11 is 0. The van der Waals surface area contributed by atoms with Gasteiger partial charge in [-0.15, -0.1) is 5.10 Å². The molecule has 0 saturated carbocycles. The van der Waals surface area contributed by atoms with Crippen LogP contribution in [0.1, 0.15) is 29.4 Å². The quantitative estimate of drug-likeness (QED) is 0.567. The Morgan fingerprint density at radius 1 is 1.10 bits per heavy atom. The van der Waals surface area contributed by atoms with Crippen molar-refractivity contribution in [2.75, 3.05) is 5.32 Å². The molecule has 1 aromatic carbocycles. The first-order chi connectivity index (χ1) is 14.0. The van der Waals surface area contributed by atoms with Crippen molar-refractivity contribution in [2.45, 2.75) is 33.6 Å². The number of carbonyl (C=O) groups excluding carboxylic acids is 1. The summed E-state index contributed by atoms with van der Waals surface area (Å²) in [5.74, 6) is 0.984. The number of nitrogens with zero attached hydrogens (tertiary/aromatic N) is 5. The lowest BCUT2D eigenvalue weighted by molar-refractivity contribution is -0.115. The third-order valence-electron chi connectivity index (χ3n) is 4.95. The minimum atomic E-state index is -0.0887. The molecule has 4 rings (SSSR count). The highest BCUT2D eigenvalue weighted by Crippen LogP contribution is 2.19. The van der Waals surface area contributed by atoms with Gasteiger partial charge in [-0.2, -0.15) is 4.98 Å². The van der Waals surface area contributed by atoms with Crippen molar-refractivity contribution >= 4 is 17.4 Å². The number of hydrogen-bond acceptors (Lipinski definition) is 5. The maximum Gasteiger partial charge on any atom is 0.253 e. The summed E-state index contributed by atoms with van der Waals surface area (Å²) in [5, 5.41) is 7.52. The number of carbonyl (C=O) groups is 1. The summed E-state index contributed by atoms with van der Waals surface area (Å²) in [6.07, 6.45) is 4.62. The second-order valence-electron chi connectivity index (χ2n) is 6.93. The molecule has 3 aromatic heterocycles. The highest BCUT2D eigenvalue weighted by atomic mass is 16.1. The van der Waals surface area contributed by atoms with Crippen molar-refractivity contribution < 1.29 is 4.79 Å². The van der Waals surface area contributed by atoms with Gasteiger partial charge in [-0.3, -0.25) is 9.78 Å². The molecule has 0 unspecified atom stereocenters. The standard InChI is InChI=1S/C22H22N6O/c1-4-16-7-9-18(10-8-16)25-20(29)12-19-14(2)24-22-26-21(27-28(22)15(19)3)17-6-5-11-23-13-17/h5-11,13H,4,12H2,1-3H3,(H,25,29). The van der Waals surface area contributed by atoms with Gasteiger partial charge in [0.15, 0.2) is 5.82 Å². The predicted molar refractivity (Wildman–Crippen MR) is 112 cm³/mol. The third-order valence-corrected chi connectivity index (χ3v) is 4.95. The fourth-order valence-electron chi connectivity index (χ4n) is 3.27. The van der Waals surface area contributed by atoms with Crippen LogP contribution in [0.4, 0.5) is 5.69 Å². The van der Waals surface area contributed by atoms with Gasteiger partial charge >= 0.3 is 0 Å². The van der Waals surface area contributed by atoms with Gasteiger partial charge in [-0.1, -0.05) is 19.1 Å². The van der Waals surface area contributed by atoms with E-state index in [0.717, 1.165) is 34.6 Å². The van der Waals surface area contributed by atoms with Crippen molar-refractivity contribution in [2.24, 2.45) is 0 Å². The number of anilines is 1. The molecule has 4 aromatic rings. The fraction of sp³-hybridized carbons (Fsp3) is 0.227. The van der Waals surface area contributed by atoms with Crippen LogP contribution in [0, 0.1) is 13.8 Å². The van der Waals surface area contributed by atoms with Gasteiger partial charge in [0.2, 0.25) is 5.91 Å². The maximum atomic E-state index is 12.6. The number of fused-ring (bicyclic) bond motifs is 1. The minimum absolute atomic E-state index is 0.0887. The van der Waals surface area contributed by atoms with E-state index < -0.39 is 0 Å². The van der Waals surface area contributed by atoms with E-state index in [0.29, 0.717) is 11.6 Å². The molecule has 7 nitrogen and oxygen atoms in total. The summed E-state index contributed by atoms with van der Waals surface area (Å²) in [7, 11) is 0. The van der Waals surface area contributed by atoms with Crippen LogP contribution in [0.25, 0.3) is 17.2 Å². The first kappa shape index (κ1) is 18.7. The van der Waals surface area contributed by atoms with Crippen molar-refractivity contribution in [3.8, 4) is 11.4 Å². The van der Waals surface area contributed by atoms with Crippen molar-refractivity contribution in [1.29, 1.82) is 0 Å². The molecule has 0 atom stereocenters. The molecule has 0 fully saturated rings. The smallest absolute Gasteiger partial charge is 0.253 e. The average molecular weight is 386 g/mol. The molecule has 29 heavy (non-hydrogen) atoms. The van der Waals surface area contributed by atoms with Gasteiger partial charge in [0.1, 0.15) is 0 Å². The van der Waals surface area contributed by atoms with Crippen LogP contribution in [0.15, 0.2) is 48.8 Å². The summed E-state index contributed by atoms with van der Waals surface area (Å²) in [5.41, 5.74) is 5.33. The van der Waals surface area contributed by atoms with Crippen molar-refractivity contribution in [1.82, 2.24) is 24.6 Å². The van der Waals surface area contributed by atoms with Gasteiger partial charge < -0.3 is 5.32 Å². The molecule has 0 aliphatic heterocycles. The number of aromatic nitrogens is 5. The topological polar surface area (TPSA) is 85.1 Å². The summed E-state index contributed by atoms with van der Waals surface area (Å²) in [6, 6.07) is 11.6. The van der Waals surface area contributed by atoms with Crippen molar-refractivity contribution in [3.05, 3.63) is 71.3 Å². The van der Waals surface area contributed by atoms with Gasteiger partial charge in [-0.05, 0) is 50.1 Å². The largest absolute Gasteiger partial charge is 0.326 e. The second-order valence-corrected chi connectivity index (χ2v) is 6.93. The molecule has 0 saturated heterocycles. The lowest BCUT2D eigenvalue weighted by Gasteiger charge is -2.11. The molecule has 0 aliphatic rings. The number of hydrogen-bond donors (Lipinski definition) is 1. The average Bonchev–Trinajstić information content (AvgIpc) is 3.16. The predicted octanol–water partition coefficient (Wildman–Crippen LogP) is 3.55. The van der Waals surface area contributed by atoms with Crippen LogP contribution < -0.4 is 5.32 Å². The molecule has 0 aliphatic carbocycles. The minimum Gasteiger partial charge on any atom is -0.326 e. The fourth-order valence-corrected chi connectivity index (χ4v) is 3.27. The number of aryl methyl sites for hydroxylation is 3. The molecular weight excluding hydrogens is 364 g/mol. The Hall–Kier alpha value is -3.61. The molecule has 7 heteroatoms. The monoisotopic (exact) mass is 386 g/mol. The van der Waals surface area contributed by atoms with E-state index in [9.17, 15) is 4.79 Å². The van der Waals surface area contributed by atoms with Crippen LogP contribution in [0.2, 0.25) is 0 Å². The van der Waals surface area contributed by atoms with Gasteiger partial charge in [-0.25, -0.2) is 9.50 Å².